The van der Waals surface area contributed by atoms with Gasteiger partial charge in [0.25, 0.3) is 0 Å². The van der Waals surface area contributed by atoms with Crippen molar-refractivity contribution in [1.29, 1.82) is 21.2 Å². The molecule has 1 fully saturated rings. The predicted molar refractivity (Wildman–Crippen MR) is 121 cm³/mol. The molecular weight excluding hydrogens is 398 g/mol. The van der Waals surface area contributed by atoms with Crippen LogP contribution in [0.3, 0.4) is 0 Å². The summed E-state index contributed by atoms with van der Waals surface area (Å²) < 4.78 is 5.55. The van der Waals surface area contributed by atoms with Crippen LogP contribution in [-0.4, -0.2) is 32.5 Å². The van der Waals surface area contributed by atoms with Crippen LogP contribution in [0.5, 0.6) is 5.75 Å². The predicted octanol–water partition coefficient (Wildman–Crippen LogP) is 2.99. The fourth-order valence-electron chi connectivity index (χ4n) is 5.61. The van der Waals surface area contributed by atoms with E-state index in [4.69, 9.17) is 10.1 Å². The van der Waals surface area contributed by atoms with Gasteiger partial charge in [0.15, 0.2) is 5.41 Å². The first-order valence-electron chi connectivity index (χ1n) is 11.0. The minimum atomic E-state index is -1.70. The van der Waals surface area contributed by atoms with E-state index in [1.165, 1.54) is 4.90 Å². The smallest absolute Gasteiger partial charge is 0.189 e. The second-order valence-corrected chi connectivity index (χ2v) is 8.61. The van der Waals surface area contributed by atoms with Gasteiger partial charge in [-0.05, 0) is 35.1 Å². The SMILES string of the molecule is CCC[NH+]1CC=C2C(C#N)C(=N)C(C#N)(C#N)[C@@H](c3ccc(OC)c4ccccc34)[C@@H]2C1. The van der Waals surface area contributed by atoms with Gasteiger partial charge in [-0.15, -0.1) is 0 Å². The average Bonchev–Trinajstić information content (AvgIpc) is 2.83. The van der Waals surface area contributed by atoms with Gasteiger partial charge in [0, 0.05) is 17.2 Å². The molecule has 2 N–H and O–H groups in total. The Kier molecular flexibility index (Phi) is 5.70. The highest BCUT2D eigenvalue weighted by atomic mass is 16.5. The van der Waals surface area contributed by atoms with Crippen LogP contribution in [0.2, 0.25) is 0 Å². The van der Waals surface area contributed by atoms with Crippen molar-refractivity contribution in [2.75, 3.05) is 26.7 Å². The van der Waals surface area contributed by atoms with Crippen LogP contribution in [0.25, 0.3) is 10.8 Å². The van der Waals surface area contributed by atoms with Crippen molar-refractivity contribution in [2.24, 2.45) is 17.3 Å². The third kappa shape index (κ3) is 3.06. The third-order valence-corrected chi connectivity index (χ3v) is 7.04. The van der Waals surface area contributed by atoms with Gasteiger partial charge < -0.3 is 15.0 Å². The number of fused-ring (bicyclic) bond motifs is 2. The number of methoxy groups -OCH3 is 1. The molecule has 4 rings (SSSR count). The Balaban J connectivity index is 2.01. The summed E-state index contributed by atoms with van der Waals surface area (Å²) in [6.07, 6.45) is 3.11. The topological polar surface area (TPSA) is 109 Å². The van der Waals surface area contributed by atoms with Crippen LogP contribution < -0.4 is 9.64 Å². The maximum Gasteiger partial charge on any atom is 0.189 e. The first kappa shape index (κ1) is 21.6. The highest BCUT2D eigenvalue weighted by Crippen LogP contribution is 2.54. The molecule has 2 aliphatic rings. The first-order chi connectivity index (χ1) is 15.6. The minimum absolute atomic E-state index is 0.101. The fraction of sp³-hybridized carbons (Fsp3) is 0.385. The largest absolute Gasteiger partial charge is 0.496 e. The summed E-state index contributed by atoms with van der Waals surface area (Å²) in [4.78, 5) is 1.37. The van der Waals surface area contributed by atoms with Gasteiger partial charge >= 0.3 is 0 Å². The Morgan fingerprint density at radius 2 is 1.84 bits per heavy atom. The molecule has 160 valence electrons. The molecule has 1 heterocycles. The summed E-state index contributed by atoms with van der Waals surface area (Å²) in [7, 11) is 1.62. The Morgan fingerprint density at radius 1 is 1.12 bits per heavy atom. The van der Waals surface area contributed by atoms with Crippen molar-refractivity contribution in [3.63, 3.8) is 0 Å². The quantitative estimate of drug-likeness (QED) is 0.735. The Hall–Kier alpha value is -3.66. The van der Waals surface area contributed by atoms with E-state index in [1.54, 1.807) is 7.11 Å². The zero-order valence-corrected chi connectivity index (χ0v) is 18.4. The van der Waals surface area contributed by atoms with Gasteiger partial charge in [0.05, 0.1) is 50.7 Å². The molecule has 4 atom stereocenters. The Bertz CT molecular complexity index is 1210. The molecule has 0 amide bonds. The highest BCUT2D eigenvalue weighted by Gasteiger charge is 2.58. The maximum atomic E-state index is 10.3. The molecular formula is C26H26N5O+. The van der Waals surface area contributed by atoms with Gasteiger partial charge in [-0.3, -0.25) is 0 Å². The van der Waals surface area contributed by atoms with Crippen molar-refractivity contribution in [3.05, 3.63) is 53.6 Å². The number of benzene rings is 2. The lowest BCUT2D eigenvalue weighted by Gasteiger charge is -2.46. The monoisotopic (exact) mass is 424 g/mol. The van der Waals surface area contributed by atoms with Gasteiger partial charge in [-0.2, -0.15) is 15.8 Å². The fourth-order valence-corrected chi connectivity index (χ4v) is 5.61. The minimum Gasteiger partial charge on any atom is -0.496 e. The maximum absolute atomic E-state index is 10.3. The third-order valence-electron chi connectivity index (χ3n) is 7.04. The van der Waals surface area contributed by atoms with Crippen molar-refractivity contribution in [1.82, 2.24) is 0 Å². The summed E-state index contributed by atoms with van der Waals surface area (Å²) in [5.41, 5.74) is -0.0481. The van der Waals surface area contributed by atoms with E-state index in [2.05, 4.69) is 31.2 Å². The zero-order chi connectivity index (χ0) is 22.9. The number of hydrogen-bond acceptors (Lipinski definition) is 5. The molecule has 6 nitrogen and oxygen atoms in total. The van der Waals surface area contributed by atoms with Crippen LogP contribution in [-0.2, 0) is 0 Å². The molecule has 1 aliphatic carbocycles. The molecule has 32 heavy (non-hydrogen) atoms. The molecule has 2 aromatic rings. The van der Waals surface area contributed by atoms with E-state index in [0.29, 0.717) is 0 Å². The molecule has 0 bridgehead atoms. The van der Waals surface area contributed by atoms with Crippen molar-refractivity contribution in [2.45, 2.75) is 19.3 Å². The lowest BCUT2D eigenvalue weighted by Crippen LogP contribution is -3.13. The molecule has 1 aliphatic heterocycles. The number of hydrogen-bond donors (Lipinski definition) is 2. The van der Waals surface area contributed by atoms with E-state index in [-0.39, 0.29) is 11.6 Å². The van der Waals surface area contributed by atoms with Crippen LogP contribution in [0, 0.1) is 56.7 Å². The second kappa shape index (κ2) is 8.46. The number of nitrogens with one attached hydrogen (secondary N) is 2. The van der Waals surface area contributed by atoms with Gasteiger partial charge in [0.2, 0.25) is 0 Å². The summed E-state index contributed by atoms with van der Waals surface area (Å²) in [6, 6.07) is 18.2. The number of nitriles is 3. The van der Waals surface area contributed by atoms with E-state index in [0.717, 1.165) is 53.7 Å². The summed E-state index contributed by atoms with van der Waals surface area (Å²) in [5, 5.41) is 41.2. The van der Waals surface area contributed by atoms with E-state index in [1.807, 2.05) is 36.4 Å². The standard InChI is InChI=1S/C26H25N5O/c1-3-11-31-12-10-18-21(13-27)25(30)26(15-28,16-29)24(22(18)14-31)20-8-9-23(32-2)19-7-5-4-6-17(19)20/h4-10,21-22,24,30H,3,11-12,14H2,1-2H3/p+1/t21?,22-,24+/m1/s1. The van der Waals surface area contributed by atoms with Gasteiger partial charge in [-0.1, -0.05) is 37.3 Å². The van der Waals surface area contributed by atoms with Crippen molar-refractivity contribution >= 4 is 16.5 Å². The Labute approximate surface area is 188 Å². The Morgan fingerprint density at radius 3 is 2.47 bits per heavy atom. The normalized spacial score (nSPS) is 26.2. The van der Waals surface area contributed by atoms with Crippen molar-refractivity contribution < 1.29 is 9.64 Å². The molecule has 0 saturated heterocycles. The molecule has 2 unspecified atom stereocenters. The van der Waals surface area contributed by atoms with Crippen LogP contribution in [0.15, 0.2) is 48.0 Å². The number of quaternary nitrogens is 1. The molecule has 0 aromatic heterocycles. The lowest BCUT2D eigenvalue weighted by molar-refractivity contribution is -0.899. The van der Waals surface area contributed by atoms with Crippen LogP contribution >= 0.6 is 0 Å². The number of rotatable bonds is 4. The number of nitrogens with zero attached hydrogens (tertiary/aromatic N) is 3. The molecule has 1 saturated carbocycles. The summed E-state index contributed by atoms with van der Waals surface area (Å²) >= 11 is 0. The zero-order valence-electron chi connectivity index (χ0n) is 18.4. The molecule has 6 heteroatoms. The lowest BCUT2D eigenvalue weighted by atomic mass is 9.54. The van der Waals surface area contributed by atoms with Crippen LogP contribution in [0.1, 0.15) is 24.8 Å². The molecule has 0 spiro atoms. The first-order valence-corrected chi connectivity index (χ1v) is 11.0. The average molecular weight is 425 g/mol. The number of ether oxygens (including phenoxy) is 1. The van der Waals surface area contributed by atoms with Gasteiger partial charge in [-0.25, -0.2) is 0 Å². The summed E-state index contributed by atoms with van der Waals surface area (Å²) in [5.74, 6) is -0.811. The van der Waals surface area contributed by atoms with E-state index < -0.39 is 17.3 Å². The van der Waals surface area contributed by atoms with Crippen LogP contribution in [0.4, 0.5) is 0 Å². The van der Waals surface area contributed by atoms with Crippen molar-refractivity contribution in [3.8, 4) is 24.0 Å². The van der Waals surface area contributed by atoms with E-state index in [9.17, 15) is 15.8 Å². The molecule has 0 radical (unpaired) electrons. The molecule has 2 aromatic carbocycles. The van der Waals surface area contributed by atoms with Gasteiger partial charge in [0.1, 0.15) is 11.7 Å². The summed E-state index contributed by atoms with van der Waals surface area (Å²) in [6.45, 7) is 4.66. The van der Waals surface area contributed by atoms with E-state index >= 15 is 0 Å². The second-order valence-electron chi connectivity index (χ2n) is 8.61. The highest BCUT2D eigenvalue weighted by molar-refractivity contribution is 6.02.